The van der Waals surface area contributed by atoms with Gasteiger partial charge in [-0.25, -0.2) is 4.39 Å². The Morgan fingerprint density at radius 2 is 1.93 bits per heavy atom. The fraction of sp³-hybridized carbons (Fsp3) is 0.318. The molecule has 0 spiro atoms. The monoisotopic (exact) mass is 379 g/mol. The normalized spacial score (nSPS) is 19.6. The fourth-order valence-electron chi connectivity index (χ4n) is 3.53. The molecule has 1 aliphatic rings. The van der Waals surface area contributed by atoms with Crippen LogP contribution < -0.4 is 0 Å². The van der Waals surface area contributed by atoms with Crippen molar-refractivity contribution < 1.29 is 13.7 Å². The third kappa shape index (κ3) is 3.42. The summed E-state index contributed by atoms with van der Waals surface area (Å²) in [4.78, 5) is 18.7. The zero-order chi connectivity index (χ0) is 19.7. The van der Waals surface area contributed by atoms with Crippen molar-refractivity contribution in [3.8, 4) is 11.4 Å². The van der Waals surface area contributed by atoms with Gasteiger partial charge in [0.05, 0.1) is 6.54 Å². The number of likely N-dealkylation sites (tertiary alicyclic amines) is 1. The highest BCUT2D eigenvalue weighted by Crippen LogP contribution is 2.36. The first-order valence-corrected chi connectivity index (χ1v) is 9.41. The minimum Gasteiger partial charge on any atom is -0.335 e. The van der Waals surface area contributed by atoms with E-state index >= 15 is 4.39 Å². The predicted octanol–water partition coefficient (Wildman–Crippen LogP) is 4.45. The van der Waals surface area contributed by atoms with Gasteiger partial charge in [0.25, 0.3) is 11.8 Å². The van der Waals surface area contributed by atoms with Crippen molar-refractivity contribution in [1.82, 2.24) is 15.0 Å². The van der Waals surface area contributed by atoms with E-state index in [4.69, 9.17) is 4.52 Å². The molecular formula is C22H22FN3O2. The molecule has 0 bridgehead atoms. The maximum Gasteiger partial charge on any atom is 0.266 e. The van der Waals surface area contributed by atoms with E-state index in [1.807, 2.05) is 56.3 Å². The third-order valence-electron chi connectivity index (χ3n) is 5.32. The number of amides is 1. The van der Waals surface area contributed by atoms with Gasteiger partial charge < -0.3 is 9.42 Å². The number of aromatic nitrogens is 2. The van der Waals surface area contributed by atoms with Crippen molar-refractivity contribution in [3.05, 3.63) is 71.1 Å². The summed E-state index contributed by atoms with van der Waals surface area (Å²) in [7, 11) is 0. The minimum absolute atomic E-state index is 0.0658. The van der Waals surface area contributed by atoms with Gasteiger partial charge in [0, 0.05) is 17.7 Å². The molecule has 1 amide bonds. The zero-order valence-electron chi connectivity index (χ0n) is 16.0. The quantitative estimate of drug-likeness (QED) is 0.674. The summed E-state index contributed by atoms with van der Waals surface area (Å²) in [6.45, 7) is 4.38. The molecule has 5 nitrogen and oxygen atoms in total. The number of piperidine rings is 1. The molecule has 1 atom stereocenters. The number of halogens is 1. The first-order valence-electron chi connectivity index (χ1n) is 9.41. The topological polar surface area (TPSA) is 59.2 Å². The van der Waals surface area contributed by atoms with Crippen molar-refractivity contribution in [2.24, 2.45) is 0 Å². The third-order valence-corrected chi connectivity index (χ3v) is 5.32. The van der Waals surface area contributed by atoms with Gasteiger partial charge in [0.1, 0.15) is 0 Å². The second kappa shape index (κ2) is 7.19. The molecular weight excluding hydrogens is 357 g/mol. The van der Waals surface area contributed by atoms with Crippen LogP contribution in [0.4, 0.5) is 4.39 Å². The summed E-state index contributed by atoms with van der Waals surface area (Å²) < 4.78 is 21.0. The van der Waals surface area contributed by atoms with Gasteiger partial charge in [-0.15, -0.1) is 0 Å². The lowest BCUT2D eigenvalue weighted by molar-refractivity contribution is 0.0152. The van der Waals surface area contributed by atoms with Crippen LogP contribution in [-0.2, 0) is 5.67 Å². The van der Waals surface area contributed by atoms with Crippen LogP contribution in [0.5, 0.6) is 0 Å². The van der Waals surface area contributed by atoms with Crippen molar-refractivity contribution in [2.75, 3.05) is 13.1 Å². The maximum absolute atomic E-state index is 15.7. The maximum atomic E-state index is 15.7. The molecule has 28 heavy (non-hydrogen) atoms. The number of hydrogen-bond acceptors (Lipinski definition) is 4. The Morgan fingerprint density at radius 3 is 2.68 bits per heavy atom. The zero-order valence-corrected chi connectivity index (χ0v) is 16.0. The van der Waals surface area contributed by atoms with Crippen LogP contribution >= 0.6 is 0 Å². The second-order valence-electron chi connectivity index (χ2n) is 7.38. The minimum atomic E-state index is -1.84. The Bertz CT molecular complexity index is 1000. The van der Waals surface area contributed by atoms with E-state index in [1.54, 1.807) is 11.0 Å². The number of aryl methyl sites for hydroxylation is 2. The van der Waals surface area contributed by atoms with Crippen LogP contribution in [0.15, 0.2) is 53.1 Å². The van der Waals surface area contributed by atoms with E-state index in [9.17, 15) is 4.79 Å². The van der Waals surface area contributed by atoms with Gasteiger partial charge in [-0.2, -0.15) is 4.98 Å². The summed E-state index contributed by atoms with van der Waals surface area (Å²) in [6, 6.07) is 14.9. The highest BCUT2D eigenvalue weighted by Gasteiger charge is 2.44. The molecule has 6 heteroatoms. The predicted molar refractivity (Wildman–Crippen MR) is 104 cm³/mol. The molecule has 0 N–H and O–H groups in total. The molecule has 2 heterocycles. The van der Waals surface area contributed by atoms with Crippen LogP contribution in [0.2, 0.25) is 0 Å². The molecule has 3 aromatic rings. The summed E-state index contributed by atoms with van der Waals surface area (Å²) in [5.74, 6) is 0.113. The average Bonchev–Trinajstić information content (AvgIpc) is 3.21. The van der Waals surface area contributed by atoms with E-state index < -0.39 is 5.67 Å². The molecule has 144 valence electrons. The smallest absolute Gasteiger partial charge is 0.266 e. The van der Waals surface area contributed by atoms with Gasteiger partial charge in [0.2, 0.25) is 11.5 Å². The Labute approximate surface area is 163 Å². The van der Waals surface area contributed by atoms with E-state index in [2.05, 4.69) is 10.1 Å². The second-order valence-corrected chi connectivity index (χ2v) is 7.38. The largest absolute Gasteiger partial charge is 0.335 e. The number of alkyl halides is 1. The SMILES string of the molecule is Cc1ccc(C(=O)N2CCCC(F)(c3nc(-c4ccccc4)no3)C2)cc1C. The van der Waals surface area contributed by atoms with Crippen LogP contribution in [0.25, 0.3) is 11.4 Å². The summed E-state index contributed by atoms with van der Waals surface area (Å²) in [5.41, 5.74) is 1.66. The van der Waals surface area contributed by atoms with Crippen LogP contribution in [-0.4, -0.2) is 34.0 Å². The number of nitrogens with zero attached hydrogens (tertiary/aromatic N) is 3. The van der Waals surface area contributed by atoms with Crippen molar-refractivity contribution in [3.63, 3.8) is 0 Å². The lowest BCUT2D eigenvalue weighted by atomic mass is 9.93. The average molecular weight is 379 g/mol. The van der Waals surface area contributed by atoms with Gasteiger partial charge in [-0.3, -0.25) is 4.79 Å². The van der Waals surface area contributed by atoms with E-state index in [-0.39, 0.29) is 24.8 Å². The van der Waals surface area contributed by atoms with Gasteiger partial charge in [0.15, 0.2) is 0 Å². The molecule has 1 aliphatic heterocycles. The van der Waals surface area contributed by atoms with Crippen molar-refractivity contribution >= 4 is 5.91 Å². The Morgan fingerprint density at radius 1 is 1.14 bits per heavy atom. The molecule has 1 saturated heterocycles. The molecule has 1 unspecified atom stereocenters. The molecule has 1 aromatic heterocycles. The Balaban J connectivity index is 1.56. The lowest BCUT2D eigenvalue weighted by Gasteiger charge is -2.35. The Hall–Kier alpha value is -3.02. The van der Waals surface area contributed by atoms with Gasteiger partial charge >= 0.3 is 0 Å². The first-order chi connectivity index (χ1) is 13.5. The summed E-state index contributed by atoms with van der Waals surface area (Å²) in [6.07, 6.45) is 0.788. The molecule has 4 rings (SSSR count). The highest BCUT2D eigenvalue weighted by molar-refractivity contribution is 5.94. The summed E-state index contributed by atoms with van der Waals surface area (Å²) >= 11 is 0. The van der Waals surface area contributed by atoms with Crippen LogP contribution in [0.3, 0.4) is 0 Å². The van der Waals surface area contributed by atoms with Crippen LogP contribution in [0, 0.1) is 13.8 Å². The van der Waals surface area contributed by atoms with Gasteiger partial charge in [-0.05, 0) is 49.9 Å². The number of carbonyl (C=O) groups excluding carboxylic acids is 1. The van der Waals surface area contributed by atoms with Crippen molar-refractivity contribution in [1.29, 1.82) is 0 Å². The standard InChI is InChI=1S/C22H22FN3O2/c1-15-9-10-18(13-16(15)2)20(27)26-12-6-11-22(23,14-26)21-24-19(25-28-21)17-7-4-3-5-8-17/h3-5,7-10,13H,6,11-12,14H2,1-2H3. The van der Waals surface area contributed by atoms with Crippen molar-refractivity contribution in [2.45, 2.75) is 32.4 Å². The summed E-state index contributed by atoms with van der Waals surface area (Å²) in [5, 5.41) is 3.93. The Kier molecular flexibility index (Phi) is 4.71. The van der Waals surface area contributed by atoms with E-state index in [0.717, 1.165) is 16.7 Å². The molecule has 2 aromatic carbocycles. The first kappa shape index (κ1) is 18.3. The molecule has 0 saturated carbocycles. The fourth-order valence-corrected chi connectivity index (χ4v) is 3.53. The number of rotatable bonds is 3. The van der Waals surface area contributed by atoms with Crippen LogP contribution in [0.1, 0.15) is 40.2 Å². The number of hydrogen-bond donors (Lipinski definition) is 0. The molecule has 0 radical (unpaired) electrons. The van der Waals surface area contributed by atoms with E-state index in [1.165, 1.54) is 0 Å². The van der Waals surface area contributed by atoms with E-state index in [0.29, 0.717) is 24.4 Å². The number of carbonyl (C=O) groups is 1. The molecule has 1 fully saturated rings. The lowest BCUT2D eigenvalue weighted by Crippen LogP contribution is -2.46. The molecule has 0 aliphatic carbocycles. The highest BCUT2D eigenvalue weighted by atomic mass is 19.1. The number of benzene rings is 2. The van der Waals surface area contributed by atoms with Gasteiger partial charge in [-0.1, -0.05) is 41.6 Å².